The molecule has 0 aliphatic carbocycles. The molecule has 1 aromatic carbocycles. The van der Waals surface area contributed by atoms with Crippen molar-refractivity contribution in [1.29, 1.82) is 0 Å². The van der Waals surface area contributed by atoms with Gasteiger partial charge in [-0.25, -0.2) is 13.2 Å². The van der Waals surface area contributed by atoms with Crippen LogP contribution in [-0.2, 0) is 0 Å². The lowest BCUT2D eigenvalue weighted by atomic mass is 10.1. The van der Waals surface area contributed by atoms with E-state index in [1.807, 2.05) is 0 Å². The molecule has 0 aliphatic heterocycles. The molecule has 0 amide bonds. The van der Waals surface area contributed by atoms with E-state index in [1.165, 1.54) is 0 Å². The molecule has 1 rings (SSSR count). The lowest BCUT2D eigenvalue weighted by Gasteiger charge is -2.10. The summed E-state index contributed by atoms with van der Waals surface area (Å²) in [5.41, 5.74) is 8.44. The van der Waals surface area contributed by atoms with Crippen LogP contribution >= 0.6 is 0 Å². The second-order valence-corrected chi connectivity index (χ2v) is 5.72. The van der Waals surface area contributed by atoms with E-state index in [-0.39, 0.29) is 29.0 Å². The van der Waals surface area contributed by atoms with Crippen LogP contribution in [0, 0.1) is 5.82 Å². The normalized spacial score (nSPS) is 14.1. The number of nitrogens with zero attached hydrogens (tertiary/aromatic N) is 2. The molecule has 0 radical (unpaired) electrons. The van der Waals surface area contributed by atoms with E-state index in [1.54, 1.807) is 0 Å². The molecule has 158 valence electrons. The first-order valence-electron chi connectivity index (χ1n) is 8.05. The predicted octanol–water partition coefficient (Wildman–Crippen LogP) is 4.07. The predicted molar refractivity (Wildman–Crippen MR) is 98.1 cm³/mol. The molecule has 0 aromatic heterocycles. The molecule has 0 fully saturated rings. The fourth-order valence-electron chi connectivity index (χ4n) is 2.03. The molecule has 1 aromatic rings. The molecular weight excluding hydrogens is 402 g/mol. The van der Waals surface area contributed by atoms with Crippen molar-refractivity contribution in [3.63, 3.8) is 0 Å². The molecule has 0 atom stereocenters. The van der Waals surface area contributed by atoms with Crippen molar-refractivity contribution in [2.75, 3.05) is 6.54 Å². The second-order valence-electron chi connectivity index (χ2n) is 5.72. The number of rotatable bonds is 8. The van der Waals surface area contributed by atoms with Crippen LogP contribution < -0.4 is 11.5 Å². The van der Waals surface area contributed by atoms with E-state index >= 15 is 0 Å². The molecule has 5 nitrogen and oxygen atoms in total. The molecule has 0 saturated heterocycles. The van der Waals surface area contributed by atoms with Crippen LogP contribution in [0.5, 0.6) is 0 Å². The van der Waals surface area contributed by atoms with Gasteiger partial charge in [0, 0.05) is 23.9 Å². The van der Waals surface area contributed by atoms with Gasteiger partial charge in [0.05, 0.1) is 12.2 Å². The number of carbonyl (C=O) groups excluding carboxylic acids is 1. The number of Topliss-reactive ketones (excluding diaryl/α,β-unsaturated/α-hetero) is 1. The van der Waals surface area contributed by atoms with E-state index in [4.69, 9.17) is 11.5 Å². The Balaban J connectivity index is 3.41. The number of ketones is 1. The monoisotopic (exact) mass is 420 g/mol. The number of allylic oxidation sites excluding steroid dienone is 3. The molecule has 0 saturated carbocycles. The van der Waals surface area contributed by atoms with Crippen molar-refractivity contribution >= 4 is 23.4 Å². The van der Waals surface area contributed by atoms with E-state index in [9.17, 15) is 31.1 Å². The zero-order valence-electron chi connectivity index (χ0n) is 15.2. The third-order valence-electron chi connectivity index (χ3n) is 3.35. The van der Waals surface area contributed by atoms with Crippen LogP contribution in [-0.4, -0.2) is 36.9 Å². The number of hydrogen-bond donors (Lipinski definition) is 2. The Labute approximate surface area is 162 Å². The van der Waals surface area contributed by atoms with Crippen LogP contribution in [0.1, 0.15) is 23.7 Å². The molecule has 0 bridgehead atoms. The molecule has 4 N–H and O–H groups in total. The van der Waals surface area contributed by atoms with Gasteiger partial charge in [-0.1, -0.05) is 0 Å². The van der Waals surface area contributed by atoms with Crippen molar-refractivity contribution in [3.05, 3.63) is 53.1 Å². The Kier molecular flexibility index (Phi) is 8.61. The highest BCUT2D eigenvalue weighted by atomic mass is 19.4. The topological polar surface area (TPSA) is 93.8 Å². The van der Waals surface area contributed by atoms with E-state index in [0.717, 1.165) is 37.5 Å². The molecular formula is C18H18F6N4O. The van der Waals surface area contributed by atoms with Crippen molar-refractivity contribution in [1.82, 2.24) is 0 Å². The summed E-state index contributed by atoms with van der Waals surface area (Å²) in [5.74, 6) is -1.30. The molecule has 29 heavy (non-hydrogen) atoms. The number of aliphatic imine (C=N–C) groups is 2. The Bertz CT molecular complexity index is 856. The van der Waals surface area contributed by atoms with E-state index in [0.29, 0.717) is 6.08 Å². The van der Waals surface area contributed by atoms with Gasteiger partial charge in [-0.05, 0) is 43.0 Å². The maximum Gasteiger partial charge on any atom is 0.430 e. The van der Waals surface area contributed by atoms with Gasteiger partial charge in [0.1, 0.15) is 11.5 Å². The standard InChI is InChI=1S/C18H18F6N4O/c1-10(29)14-5-12(19)2-3-15(14)28-13(6-16(26)18(22,23)24)4-11(7-25)8-27-9-17(20)21/h2-3,5-8,17H,4,9,25-26H2,1H3. The maximum absolute atomic E-state index is 13.4. The minimum absolute atomic E-state index is 0.0714. The first-order valence-corrected chi connectivity index (χ1v) is 8.05. The summed E-state index contributed by atoms with van der Waals surface area (Å²) < 4.78 is 76.2. The molecule has 0 aliphatic rings. The third kappa shape index (κ3) is 8.20. The summed E-state index contributed by atoms with van der Waals surface area (Å²) in [6.07, 6.45) is -5.50. The lowest BCUT2D eigenvalue weighted by molar-refractivity contribution is -0.0925. The minimum atomic E-state index is -4.86. The quantitative estimate of drug-likeness (QED) is 0.377. The fraction of sp³-hybridized carbons (Fsp3) is 0.278. The van der Waals surface area contributed by atoms with Gasteiger partial charge in [0.2, 0.25) is 0 Å². The zero-order chi connectivity index (χ0) is 22.2. The molecule has 11 heteroatoms. The highest BCUT2D eigenvalue weighted by molar-refractivity contribution is 6.05. The van der Waals surface area contributed by atoms with Crippen LogP contribution in [0.25, 0.3) is 0 Å². The third-order valence-corrected chi connectivity index (χ3v) is 3.35. The fourth-order valence-corrected chi connectivity index (χ4v) is 2.03. The van der Waals surface area contributed by atoms with Crippen LogP contribution in [0.2, 0.25) is 0 Å². The number of benzene rings is 1. The Hall–Kier alpha value is -3.11. The van der Waals surface area contributed by atoms with Crippen LogP contribution in [0.15, 0.2) is 51.7 Å². The summed E-state index contributed by atoms with van der Waals surface area (Å²) in [5, 5.41) is 0. The van der Waals surface area contributed by atoms with Gasteiger partial charge in [-0.15, -0.1) is 0 Å². The molecule has 0 unspecified atom stereocenters. The van der Waals surface area contributed by atoms with Crippen molar-refractivity contribution in [2.24, 2.45) is 21.5 Å². The largest absolute Gasteiger partial charge is 0.430 e. The Morgan fingerprint density at radius 1 is 1.28 bits per heavy atom. The second kappa shape index (κ2) is 10.4. The van der Waals surface area contributed by atoms with Crippen molar-refractivity contribution < 1.29 is 31.1 Å². The van der Waals surface area contributed by atoms with Crippen LogP contribution in [0.4, 0.5) is 32.0 Å². The van der Waals surface area contributed by atoms with E-state index in [2.05, 4.69) is 9.98 Å². The minimum Gasteiger partial charge on any atom is -0.404 e. The Morgan fingerprint density at radius 3 is 2.45 bits per heavy atom. The van der Waals surface area contributed by atoms with Gasteiger partial charge in [-0.3, -0.25) is 14.8 Å². The van der Waals surface area contributed by atoms with E-state index < -0.39 is 36.4 Å². The average molecular weight is 420 g/mol. The maximum atomic E-state index is 13.4. The zero-order valence-corrected chi connectivity index (χ0v) is 15.2. The molecule has 0 spiro atoms. The highest BCUT2D eigenvalue weighted by Gasteiger charge is 2.31. The smallest absolute Gasteiger partial charge is 0.404 e. The highest BCUT2D eigenvalue weighted by Crippen LogP contribution is 2.25. The summed E-state index contributed by atoms with van der Waals surface area (Å²) >= 11 is 0. The van der Waals surface area contributed by atoms with Gasteiger partial charge in [0.15, 0.2) is 5.78 Å². The first kappa shape index (κ1) is 23.9. The number of alkyl halides is 5. The number of hydrogen-bond acceptors (Lipinski definition) is 5. The number of carbonyl (C=O) groups is 1. The van der Waals surface area contributed by atoms with Gasteiger partial charge < -0.3 is 11.5 Å². The number of nitrogens with two attached hydrogens (primary N) is 2. The van der Waals surface area contributed by atoms with Crippen molar-refractivity contribution in [3.8, 4) is 0 Å². The molecule has 0 heterocycles. The SMILES string of the molecule is CC(=O)c1cc(F)ccc1N=C(C=C(N)C(F)(F)F)CC(C=NCC(F)F)=CN. The summed E-state index contributed by atoms with van der Waals surface area (Å²) in [6, 6.07) is 2.98. The average Bonchev–Trinajstić information content (AvgIpc) is 2.60. The summed E-state index contributed by atoms with van der Waals surface area (Å²) in [7, 11) is 0. The van der Waals surface area contributed by atoms with Crippen molar-refractivity contribution in [2.45, 2.75) is 25.9 Å². The Morgan fingerprint density at radius 2 is 1.93 bits per heavy atom. The van der Waals surface area contributed by atoms with Gasteiger partial charge in [-0.2, -0.15) is 13.2 Å². The van der Waals surface area contributed by atoms with Gasteiger partial charge >= 0.3 is 6.18 Å². The van der Waals surface area contributed by atoms with Gasteiger partial charge in [0.25, 0.3) is 6.43 Å². The number of halogens is 6. The summed E-state index contributed by atoms with van der Waals surface area (Å²) in [4.78, 5) is 19.1. The van der Waals surface area contributed by atoms with Crippen LogP contribution in [0.3, 0.4) is 0 Å². The first-order chi connectivity index (χ1) is 13.4. The lowest BCUT2D eigenvalue weighted by Crippen LogP contribution is -2.21. The summed E-state index contributed by atoms with van der Waals surface area (Å²) in [6.45, 7) is 0.312.